The maximum Gasteiger partial charge on any atom is 0.261 e. The van der Waals surface area contributed by atoms with Gasteiger partial charge in [0.25, 0.3) is 5.91 Å². The number of morpholine rings is 1. The Hall–Kier alpha value is -3.69. The minimum absolute atomic E-state index is 0.228. The van der Waals surface area contributed by atoms with E-state index in [4.69, 9.17) is 26.1 Å². The van der Waals surface area contributed by atoms with Crippen molar-refractivity contribution in [2.24, 2.45) is 0 Å². The number of imidazole rings is 1. The fourth-order valence-electron chi connectivity index (χ4n) is 5.78. The van der Waals surface area contributed by atoms with Gasteiger partial charge in [-0.15, -0.1) is 0 Å². The van der Waals surface area contributed by atoms with Gasteiger partial charge in [-0.05, 0) is 60.7 Å². The minimum Gasteiger partial charge on any atom is -0.482 e. The van der Waals surface area contributed by atoms with Gasteiger partial charge in [0.1, 0.15) is 17.6 Å². The van der Waals surface area contributed by atoms with Crippen LogP contribution in [0.1, 0.15) is 47.3 Å². The Labute approximate surface area is 236 Å². The lowest BCUT2D eigenvalue weighted by Gasteiger charge is -2.36. The third kappa shape index (κ3) is 4.67. The van der Waals surface area contributed by atoms with Crippen molar-refractivity contribution < 1.29 is 18.7 Å². The molecule has 2 aromatic heterocycles. The van der Waals surface area contributed by atoms with E-state index in [1.807, 2.05) is 36.4 Å². The Kier molecular flexibility index (Phi) is 6.56. The molecule has 3 aliphatic rings. The van der Waals surface area contributed by atoms with E-state index < -0.39 is 6.04 Å². The number of carbonyl (C=O) groups excluding carboxylic acids is 1. The lowest BCUT2D eigenvalue weighted by atomic mass is 9.93. The highest BCUT2D eigenvalue weighted by atomic mass is 35.5. The Morgan fingerprint density at radius 2 is 1.95 bits per heavy atom. The molecule has 4 aromatic rings. The van der Waals surface area contributed by atoms with Gasteiger partial charge in [0.05, 0.1) is 29.6 Å². The predicted molar refractivity (Wildman–Crippen MR) is 149 cm³/mol. The Balaban J connectivity index is 1.17. The minimum atomic E-state index is -0.683. The van der Waals surface area contributed by atoms with E-state index in [9.17, 15) is 4.79 Å². The van der Waals surface area contributed by atoms with Crippen LogP contribution in [-0.2, 0) is 16.0 Å². The molecule has 8 nitrogen and oxygen atoms in total. The zero-order chi connectivity index (χ0) is 27.2. The molecule has 1 amide bonds. The van der Waals surface area contributed by atoms with Gasteiger partial charge in [-0.1, -0.05) is 23.7 Å². The quantitative estimate of drug-likeness (QED) is 0.337. The van der Waals surface area contributed by atoms with Gasteiger partial charge in [0.15, 0.2) is 12.3 Å². The van der Waals surface area contributed by atoms with E-state index in [0.29, 0.717) is 59.8 Å². The summed E-state index contributed by atoms with van der Waals surface area (Å²) in [5, 5.41) is 4.93. The molecule has 40 heavy (non-hydrogen) atoms. The fraction of sp³-hybridized carbons (Fsp3) is 0.367. The highest BCUT2D eigenvalue weighted by Crippen LogP contribution is 2.42. The van der Waals surface area contributed by atoms with Crippen molar-refractivity contribution in [1.82, 2.24) is 19.5 Å². The van der Waals surface area contributed by atoms with Gasteiger partial charge in [-0.25, -0.2) is 13.9 Å². The van der Waals surface area contributed by atoms with Crippen LogP contribution in [0, 0.1) is 5.82 Å². The average molecular weight is 562 g/mol. The summed E-state index contributed by atoms with van der Waals surface area (Å²) in [4.78, 5) is 22.3. The van der Waals surface area contributed by atoms with Crippen molar-refractivity contribution in [3.8, 4) is 5.75 Å². The van der Waals surface area contributed by atoms with Gasteiger partial charge in [-0.3, -0.25) is 4.79 Å². The molecule has 7 rings (SSSR count). The van der Waals surface area contributed by atoms with Crippen molar-refractivity contribution in [2.45, 2.75) is 31.2 Å². The SMILES string of the molecule is O=C(COc1ccc(N2CCOCC2)cc1Cl)N1CCc2nc3cccnn3c2C1c1ccc(C2CC2)cc1F. The highest BCUT2D eigenvalue weighted by Gasteiger charge is 2.38. The molecule has 1 aliphatic carbocycles. The number of anilines is 1. The van der Waals surface area contributed by atoms with E-state index in [-0.39, 0.29) is 18.3 Å². The summed E-state index contributed by atoms with van der Waals surface area (Å²) in [5.41, 5.74) is 4.62. The molecule has 2 aromatic carbocycles. The number of benzene rings is 2. The largest absolute Gasteiger partial charge is 0.482 e. The zero-order valence-electron chi connectivity index (χ0n) is 21.9. The van der Waals surface area contributed by atoms with Gasteiger partial charge >= 0.3 is 0 Å². The van der Waals surface area contributed by atoms with Gasteiger partial charge in [0.2, 0.25) is 0 Å². The summed E-state index contributed by atoms with van der Waals surface area (Å²) in [7, 11) is 0. The van der Waals surface area contributed by atoms with E-state index >= 15 is 4.39 Å². The maximum atomic E-state index is 15.7. The third-order valence-electron chi connectivity index (χ3n) is 8.00. The third-order valence-corrected chi connectivity index (χ3v) is 8.29. The lowest BCUT2D eigenvalue weighted by molar-refractivity contribution is -0.135. The molecule has 1 saturated carbocycles. The van der Waals surface area contributed by atoms with Crippen LogP contribution in [0.2, 0.25) is 5.02 Å². The number of amides is 1. The number of nitrogens with zero attached hydrogens (tertiary/aromatic N) is 5. The summed E-state index contributed by atoms with van der Waals surface area (Å²) < 4.78 is 28.8. The van der Waals surface area contributed by atoms with Crippen LogP contribution in [0.3, 0.4) is 0 Å². The second-order valence-corrected chi connectivity index (χ2v) is 10.9. The molecule has 0 bridgehead atoms. The van der Waals surface area contributed by atoms with Crippen LogP contribution in [-0.4, -0.2) is 64.9 Å². The molecule has 0 spiro atoms. The Morgan fingerprint density at radius 3 is 2.73 bits per heavy atom. The molecule has 1 atom stereocenters. The smallest absolute Gasteiger partial charge is 0.261 e. The second-order valence-electron chi connectivity index (χ2n) is 10.5. The van der Waals surface area contributed by atoms with E-state index in [2.05, 4.69) is 10.00 Å². The van der Waals surface area contributed by atoms with Gasteiger partial charge in [-0.2, -0.15) is 5.10 Å². The number of hydrogen-bond donors (Lipinski definition) is 0. The van der Waals surface area contributed by atoms with E-state index in [1.54, 1.807) is 27.7 Å². The van der Waals surface area contributed by atoms with Crippen molar-refractivity contribution in [2.75, 3.05) is 44.4 Å². The van der Waals surface area contributed by atoms with Crippen LogP contribution in [0.5, 0.6) is 5.75 Å². The molecule has 2 fully saturated rings. The molecule has 1 saturated heterocycles. The van der Waals surface area contributed by atoms with E-state index in [1.165, 1.54) is 0 Å². The number of halogens is 2. The fourth-order valence-corrected chi connectivity index (χ4v) is 6.01. The number of aromatic nitrogens is 3. The first kappa shape index (κ1) is 25.3. The van der Waals surface area contributed by atoms with Crippen molar-refractivity contribution in [3.63, 3.8) is 0 Å². The molecule has 10 heteroatoms. The topological polar surface area (TPSA) is 72.2 Å². The molecular weight excluding hydrogens is 533 g/mol. The summed E-state index contributed by atoms with van der Waals surface area (Å²) in [6.45, 7) is 3.10. The number of carbonyl (C=O) groups is 1. The highest BCUT2D eigenvalue weighted by molar-refractivity contribution is 6.32. The Morgan fingerprint density at radius 1 is 1.10 bits per heavy atom. The molecule has 2 aliphatic heterocycles. The summed E-state index contributed by atoms with van der Waals surface area (Å²) in [5.74, 6) is 0.264. The second kappa shape index (κ2) is 10.4. The zero-order valence-corrected chi connectivity index (χ0v) is 22.7. The molecule has 206 valence electrons. The van der Waals surface area contributed by atoms with Crippen molar-refractivity contribution in [3.05, 3.63) is 88.1 Å². The monoisotopic (exact) mass is 561 g/mol. The average Bonchev–Trinajstić information content (AvgIpc) is 3.76. The first-order chi connectivity index (χ1) is 19.6. The summed E-state index contributed by atoms with van der Waals surface area (Å²) >= 11 is 6.55. The summed E-state index contributed by atoms with van der Waals surface area (Å²) in [6.07, 6.45) is 4.38. The number of fused-ring (bicyclic) bond motifs is 3. The standard InChI is InChI=1S/C30H29ClFN5O3/c31-23-17-21(35-12-14-39-15-13-35)6-8-26(23)40-18-28(38)36-11-9-25-30(37-27(34-25)2-1-10-33-37)29(36)22-7-5-20(16-24(22)32)19-3-4-19/h1-2,5-8,10,16-17,19,29H,3-4,9,11-15,18H2. The lowest BCUT2D eigenvalue weighted by Crippen LogP contribution is -2.43. The Bertz CT molecular complexity index is 1580. The van der Waals surface area contributed by atoms with Crippen LogP contribution in [0.15, 0.2) is 54.7 Å². The van der Waals surface area contributed by atoms with Gasteiger partial charge < -0.3 is 19.3 Å². The molecule has 1 unspecified atom stereocenters. The first-order valence-electron chi connectivity index (χ1n) is 13.7. The predicted octanol–water partition coefficient (Wildman–Crippen LogP) is 4.79. The molecule has 4 heterocycles. The van der Waals surface area contributed by atoms with Crippen LogP contribution in [0.25, 0.3) is 5.65 Å². The van der Waals surface area contributed by atoms with Gasteiger partial charge in [0, 0.05) is 43.5 Å². The first-order valence-corrected chi connectivity index (χ1v) is 14.1. The normalized spacial score (nSPS) is 19.1. The molecule has 0 N–H and O–H groups in total. The maximum absolute atomic E-state index is 15.7. The van der Waals surface area contributed by atoms with Crippen molar-refractivity contribution >= 4 is 28.8 Å². The number of ether oxygens (including phenoxy) is 2. The van der Waals surface area contributed by atoms with E-state index in [0.717, 1.165) is 42.9 Å². The summed E-state index contributed by atoms with van der Waals surface area (Å²) in [6, 6.07) is 14.0. The van der Waals surface area contributed by atoms with Crippen LogP contribution in [0.4, 0.5) is 10.1 Å². The van der Waals surface area contributed by atoms with Crippen molar-refractivity contribution in [1.29, 1.82) is 0 Å². The molecule has 0 radical (unpaired) electrons. The number of hydrogen-bond acceptors (Lipinski definition) is 6. The number of rotatable bonds is 6. The van der Waals surface area contributed by atoms with Crippen LogP contribution >= 0.6 is 11.6 Å². The molecular formula is C30H29ClFN5O3. The van der Waals surface area contributed by atoms with Crippen LogP contribution < -0.4 is 9.64 Å².